The summed E-state index contributed by atoms with van der Waals surface area (Å²) >= 11 is 0. The van der Waals surface area contributed by atoms with E-state index in [4.69, 9.17) is 5.11 Å². The van der Waals surface area contributed by atoms with E-state index in [0.717, 1.165) is 5.56 Å². The van der Waals surface area contributed by atoms with Gasteiger partial charge in [-0.15, -0.1) is 0 Å². The molecule has 3 rings (SSSR count). The average molecular weight is 388 g/mol. The molecule has 0 saturated heterocycles. The number of para-hydroxylation sites is 1. The van der Waals surface area contributed by atoms with Crippen LogP contribution in [0.5, 0.6) is 0 Å². The molecule has 2 aromatic carbocycles. The molecule has 1 aliphatic rings. The fourth-order valence-corrected chi connectivity index (χ4v) is 4.27. The molecule has 27 heavy (non-hydrogen) atoms. The van der Waals surface area contributed by atoms with Gasteiger partial charge in [-0.2, -0.15) is 0 Å². The first-order valence-corrected chi connectivity index (χ1v) is 10.1. The van der Waals surface area contributed by atoms with Crippen LogP contribution in [0.4, 0.5) is 5.69 Å². The molecule has 1 unspecified atom stereocenters. The van der Waals surface area contributed by atoms with Gasteiger partial charge >= 0.3 is 5.97 Å². The van der Waals surface area contributed by atoms with Crippen molar-refractivity contribution in [3.05, 3.63) is 60.2 Å². The summed E-state index contributed by atoms with van der Waals surface area (Å²) in [5.74, 6) is -1.66. The lowest BCUT2D eigenvalue weighted by molar-refractivity contribution is -0.136. The van der Waals surface area contributed by atoms with E-state index in [1.165, 1.54) is 17.0 Å². The van der Waals surface area contributed by atoms with Crippen LogP contribution in [0, 0.1) is 0 Å². The van der Waals surface area contributed by atoms with Crippen molar-refractivity contribution >= 4 is 27.6 Å². The molecule has 0 aliphatic carbocycles. The molecule has 0 aromatic heterocycles. The highest BCUT2D eigenvalue weighted by Gasteiger charge is 2.36. The Balaban J connectivity index is 1.70. The number of amides is 1. The van der Waals surface area contributed by atoms with Crippen molar-refractivity contribution < 1.29 is 23.1 Å². The van der Waals surface area contributed by atoms with Crippen LogP contribution >= 0.6 is 0 Å². The highest BCUT2D eigenvalue weighted by molar-refractivity contribution is 7.89. The van der Waals surface area contributed by atoms with Gasteiger partial charge in [0.25, 0.3) is 0 Å². The van der Waals surface area contributed by atoms with Gasteiger partial charge in [-0.05, 0) is 30.2 Å². The Morgan fingerprint density at radius 2 is 1.74 bits per heavy atom. The van der Waals surface area contributed by atoms with Crippen LogP contribution in [0.25, 0.3) is 0 Å². The zero-order valence-electron chi connectivity index (χ0n) is 14.5. The lowest BCUT2D eigenvalue weighted by Crippen LogP contribution is -2.32. The van der Waals surface area contributed by atoms with E-state index in [-0.39, 0.29) is 30.3 Å². The van der Waals surface area contributed by atoms with E-state index in [9.17, 15) is 18.0 Å². The molecular weight excluding hydrogens is 368 g/mol. The normalized spacial score (nSPS) is 16.4. The van der Waals surface area contributed by atoms with Gasteiger partial charge in [0.2, 0.25) is 15.9 Å². The minimum atomic E-state index is -3.63. The molecule has 1 amide bonds. The lowest BCUT2D eigenvalue weighted by atomic mass is 9.97. The minimum absolute atomic E-state index is 0.0947. The zero-order chi connectivity index (χ0) is 19.4. The van der Waals surface area contributed by atoms with Gasteiger partial charge in [-0.25, -0.2) is 13.1 Å². The van der Waals surface area contributed by atoms with Crippen molar-refractivity contribution in [1.29, 1.82) is 0 Å². The summed E-state index contributed by atoms with van der Waals surface area (Å²) in [6.45, 7) is 0.201. The van der Waals surface area contributed by atoms with Crippen molar-refractivity contribution in [2.45, 2.75) is 23.7 Å². The van der Waals surface area contributed by atoms with Gasteiger partial charge in [0.05, 0.1) is 17.2 Å². The number of carbonyl (C=O) groups excluding carboxylic acids is 1. The maximum absolute atomic E-state index is 12.8. The fourth-order valence-electron chi connectivity index (χ4n) is 3.21. The zero-order valence-corrected chi connectivity index (χ0v) is 15.4. The molecule has 2 aromatic rings. The third-order valence-electron chi connectivity index (χ3n) is 4.49. The summed E-state index contributed by atoms with van der Waals surface area (Å²) < 4.78 is 27.1. The number of nitrogens with one attached hydrogen (secondary N) is 1. The van der Waals surface area contributed by atoms with Crippen molar-refractivity contribution in [2.24, 2.45) is 0 Å². The number of carboxylic acids is 1. The Labute approximate surface area is 157 Å². The molecule has 0 bridgehead atoms. The monoisotopic (exact) mass is 388 g/mol. The molecule has 0 fully saturated rings. The Kier molecular flexibility index (Phi) is 5.57. The molecule has 1 atom stereocenters. The largest absolute Gasteiger partial charge is 0.481 e. The summed E-state index contributed by atoms with van der Waals surface area (Å²) in [6, 6.07) is 15.2. The summed E-state index contributed by atoms with van der Waals surface area (Å²) in [5.41, 5.74) is 1.49. The summed E-state index contributed by atoms with van der Waals surface area (Å²) in [7, 11) is -3.63. The fraction of sp³-hybridized carbons (Fsp3) is 0.263. The van der Waals surface area contributed by atoms with E-state index < -0.39 is 21.9 Å². The SMILES string of the molecule is O=C(O)CCN1C(=O)C(CCNS(=O)(=O)c2ccccc2)c2ccccc21. The number of nitrogens with zero attached hydrogens (tertiary/aromatic N) is 1. The van der Waals surface area contributed by atoms with Gasteiger partial charge in [0.1, 0.15) is 0 Å². The highest BCUT2D eigenvalue weighted by atomic mass is 32.2. The number of aliphatic carboxylic acids is 1. The van der Waals surface area contributed by atoms with Crippen LogP contribution in [0.15, 0.2) is 59.5 Å². The first-order valence-electron chi connectivity index (χ1n) is 8.57. The van der Waals surface area contributed by atoms with Gasteiger partial charge in [0, 0.05) is 18.8 Å². The quantitative estimate of drug-likeness (QED) is 0.719. The molecule has 0 spiro atoms. The summed E-state index contributed by atoms with van der Waals surface area (Å²) in [4.78, 5) is 25.3. The minimum Gasteiger partial charge on any atom is -0.481 e. The van der Waals surface area contributed by atoms with Crippen molar-refractivity contribution in [1.82, 2.24) is 4.72 Å². The first kappa shape index (κ1) is 19.1. The summed E-state index contributed by atoms with van der Waals surface area (Å²) in [5, 5.41) is 8.90. The second kappa shape index (κ2) is 7.89. The van der Waals surface area contributed by atoms with E-state index in [0.29, 0.717) is 12.1 Å². The second-order valence-electron chi connectivity index (χ2n) is 6.24. The molecule has 1 heterocycles. The predicted molar refractivity (Wildman–Crippen MR) is 100 cm³/mol. The van der Waals surface area contributed by atoms with Gasteiger partial charge < -0.3 is 10.0 Å². The topological polar surface area (TPSA) is 104 Å². The molecule has 142 valence electrons. The molecular formula is C19H20N2O5S. The lowest BCUT2D eigenvalue weighted by Gasteiger charge is -2.17. The Hall–Kier alpha value is -2.71. The molecule has 7 nitrogen and oxygen atoms in total. The standard InChI is InChI=1S/C19H20N2O5S/c22-18(23)11-13-21-17-9-5-4-8-15(17)16(19(21)24)10-12-20-27(25,26)14-6-2-1-3-7-14/h1-9,16,20H,10-13H2,(H,22,23). The number of carbonyl (C=O) groups is 2. The van der Waals surface area contributed by atoms with Gasteiger partial charge in [-0.1, -0.05) is 36.4 Å². The van der Waals surface area contributed by atoms with Crippen LogP contribution < -0.4 is 9.62 Å². The molecule has 8 heteroatoms. The molecule has 0 radical (unpaired) electrons. The van der Waals surface area contributed by atoms with Gasteiger partial charge in [-0.3, -0.25) is 9.59 Å². The van der Waals surface area contributed by atoms with Gasteiger partial charge in [0.15, 0.2) is 0 Å². The first-order chi connectivity index (χ1) is 12.9. The Morgan fingerprint density at radius 3 is 2.44 bits per heavy atom. The van der Waals surface area contributed by atoms with E-state index in [2.05, 4.69) is 4.72 Å². The maximum Gasteiger partial charge on any atom is 0.305 e. The van der Waals surface area contributed by atoms with Crippen molar-refractivity contribution in [3.63, 3.8) is 0 Å². The number of benzene rings is 2. The smallest absolute Gasteiger partial charge is 0.305 e. The average Bonchev–Trinajstić information content (AvgIpc) is 2.92. The summed E-state index contributed by atoms with van der Waals surface area (Å²) in [6.07, 6.45) is 0.152. The van der Waals surface area contributed by atoms with Crippen LogP contribution in [-0.4, -0.2) is 38.5 Å². The third kappa shape index (κ3) is 4.17. The van der Waals surface area contributed by atoms with Crippen LogP contribution in [-0.2, 0) is 19.6 Å². The number of hydrogen-bond acceptors (Lipinski definition) is 4. The predicted octanol–water partition coefficient (Wildman–Crippen LogP) is 1.96. The highest BCUT2D eigenvalue weighted by Crippen LogP contribution is 2.38. The Morgan fingerprint density at radius 1 is 1.07 bits per heavy atom. The number of fused-ring (bicyclic) bond motifs is 1. The Bertz CT molecular complexity index is 944. The molecule has 2 N–H and O–H groups in total. The van der Waals surface area contributed by atoms with Crippen LogP contribution in [0.1, 0.15) is 24.3 Å². The second-order valence-corrected chi connectivity index (χ2v) is 8.01. The maximum atomic E-state index is 12.8. The molecule has 0 saturated carbocycles. The van der Waals surface area contributed by atoms with E-state index >= 15 is 0 Å². The van der Waals surface area contributed by atoms with Crippen molar-refractivity contribution in [3.8, 4) is 0 Å². The number of sulfonamides is 1. The number of anilines is 1. The number of carboxylic acid groups (broad SMARTS) is 1. The van der Waals surface area contributed by atoms with Crippen LogP contribution in [0.3, 0.4) is 0 Å². The van der Waals surface area contributed by atoms with E-state index in [1.54, 1.807) is 30.3 Å². The number of rotatable bonds is 8. The third-order valence-corrected chi connectivity index (χ3v) is 5.97. The van der Waals surface area contributed by atoms with Crippen molar-refractivity contribution in [2.75, 3.05) is 18.0 Å². The molecule has 1 aliphatic heterocycles. The number of hydrogen-bond donors (Lipinski definition) is 2. The van der Waals surface area contributed by atoms with E-state index in [1.807, 2.05) is 12.1 Å². The van der Waals surface area contributed by atoms with Crippen LogP contribution in [0.2, 0.25) is 0 Å².